The first-order valence-corrected chi connectivity index (χ1v) is 10.4. The maximum atomic E-state index is 14.0. The third-order valence-electron chi connectivity index (χ3n) is 5.35. The Morgan fingerprint density at radius 1 is 1.09 bits per heavy atom. The number of aromatic nitrogens is 4. The van der Waals surface area contributed by atoms with Gasteiger partial charge in [-0.05, 0) is 30.2 Å². The molecule has 4 rings (SSSR count). The molecule has 2 unspecified atom stereocenters. The lowest BCUT2D eigenvalue weighted by Gasteiger charge is -2.24. The van der Waals surface area contributed by atoms with E-state index in [1.807, 2.05) is 0 Å². The molecule has 0 aliphatic carbocycles. The molecule has 0 aromatic carbocycles. The second kappa shape index (κ2) is 8.35. The maximum absolute atomic E-state index is 14.0. The van der Waals surface area contributed by atoms with Gasteiger partial charge in [-0.15, -0.1) is 0 Å². The van der Waals surface area contributed by atoms with Gasteiger partial charge in [0.25, 0.3) is 0 Å². The fourth-order valence-electron chi connectivity index (χ4n) is 3.77. The van der Waals surface area contributed by atoms with Crippen LogP contribution in [0.4, 0.5) is 33.7 Å². The number of halogens is 5. The molecule has 1 aliphatic rings. The molecule has 2 atom stereocenters. The van der Waals surface area contributed by atoms with Gasteiger partial charge in [0.15, 0.2) is 5.65 Å². The molecule has 0 N–H and O–H groups in total. The smallest absolute Gasteiger partial charge is 0.355 e. The summed E-state index contributed by atoms with van der Waals surface area (Å²) >= 11 is 0. The Hall–Kier alpha value is -2.68. The molecular formula is C20H20F5N6P. The van der Waals surface area contributed by atoms with Crippen LogP contribution in [0, 0.1) is 5.92 Å². The van der Waals surface area contributed by atoms with Crippen molar-refractivity contribution >= 4 is 32.0 Å². The van der Waals surface area contributed by atoms with Gasteiger partial charge in [0.05, 0.1) is 11.3 Å². The van der Waals surface area contributed by atoms with Crippen LogP contribution in [-0.2, 0) is 12.2 Å². The number of rotatable bonds is 5. The van der Waals surface area contributed by atoms with Crippen LogP contribution in [-0.4, -0.2) is 46.2 Å². The van der Waals surface area contributed by atoms with Crippen molar-refractivity contribution in [2.75, 3.05) is 29.9 Å². The van der Waals surface area contributed by atoms with Crippen molar-refractivity contribution in [3.63, 3.8) is 0 Å². The standard InChI is InChI=1S/C20H20F5N6P/c1-30(10-12-4-2-7-26-15(12)20(24,25)32)17-14-5-3-8-27-16(14)28-18(29-17)31-9-6-13(11-31)19(21,22)23/h2-5,7-8,13H,6,9-11,32H2,1H3. The van der Waals surface area contributed by atoms with Crippen molar-refractivity contribution < 1.29 is 22.0 Å². The molecule has 170 valence electrons. The Morgan fingerprint density at radius 3 is 2.50 bits per heavy atom. The molecule has 0 saturated carbocycles. The molecule has 6 nitrogen and oxygen atoms in total. The minimum absolute atomic E-state index is 0.0411. The average Bonchev–Trinajstić information content (AvgIpc) is 3.23. The normalized spacial score (nSPS) is 17.2. The second-order valence-electron chi connectivity index (χ2n) is 7.69. The molecule has 1 fully saturated rings. The summed E-state index contributed by atoms with van der Waals surface area (Å²) in [5.41, 5.74) is -2.97. The van der Waals surface area contributed by atoms with Gasteiger partial charge in [0.1, 0.15) is 11.5 Å². The zero-order valence-corrected chi connectivity index (χ0v) is 18.2. The first-order valence-electron chi connectivity index (χ1n) is 9.80. The van der Waals surface area contributed by atoms with Crippen molar-refractivity contribution in [1.29, 1.82) is 0 Å². The predicted octanol–water partition coefficient (Wildman–Crippen LogP) is 4.37. The van der Waals surface area contributed by atoms with Gasteiger partial charge in [-0.25, -0.2) is 4.98 Å². The van der Waals surface area contributed by atoms with Gasteiger partial charge in [-0.1, -0.05) is 15.3 Å². The number of anilines is 2. The molecule has 4 heterocycles. The largest absolute Gasteiger partial charge is 0.393 e. The molecular weight excluding hydrogens is 450 g/mol. The highest BCUT2D eigenvalue weighted by Gasteiger charge is 2.44. The van der Waals surface area contributed by atoms with E-state index in [-0.39, 0.29) is 37.7 Å². The van der Waals surface area contributed by atoms with E-state index >= 15 is 0 Å². The summed E-state index contributed by atoms with van der Waals surface area (Å²) in [6, 6.07) is 6.53. The number of nitrogens with zero attached hydrogens (tertiary/aromatic N) is 6. The van der Waals surface area contributed by atoms with Crippen LogP contribution in [0.2, 0.25) is 0 Å². The average molecular weight is 470 g/mol. The monoisotopic (exact) mass is 470 g/mol. The Kier molecular flexibility index (Phi) is 5.87. The van der Waals surface area contributed by atoms with Crippen molar-refractivity contribution in [3.05, 3.63) is 47.9 Å². The molecule has 0 radical (unpaired) electrons. The lowest BCUT2D eigenvalue weighted by molar-refractivity contribution is -0.168. The van der Waals surface area contributed by atoms with Crippen LogP contribution in [0.5, 0.6) is 0 Å². The summed E-state index contributed by atoms with van der Waals surface area (Å²) < 4.78 is 67.3. The van der Waals surface area contributed by atoms with E-state index in [1.54, 1.807) is 36.2 Å². The third kappa shape index (κ3) is 4.57. The molecule has 0 bridgehead atoms. The summed E-state index contributed by atoms with van der Waals surface area (Å²) in [6.45, 7) is -0.0203. The number of pyridine rings is 2. The topological polar surface area (TPSA) is 58.0 Å². The van der Waals surface area contributed by atoms with E-state index in [2.05, 4.69) is 19.9 Å². The van der Waals surface area contributed by atoms with Crippen LogP contribution in [0.1, 0.15) is 17.7 Å². The highest BCUT2D eigenvalue weighted by Crippen LogP contribution is 2.37. The van der Waals surface area contributed by atoms with Crippen LogP contribution in [0.15, 0.2) is 36.7 Å². The van der Waals surface area contributed by atoms with Gasteiger partial charge in [-0.3, -0.25) is 4.98 Å². The fraction of sp³-hybridized carbons (Fsp3) is 0.400. The summed E-state index contributed by atoms with van der Waals surface area (Å²) in [7, 11) is 3.15. The number of alkyl halides is 5. The third-order valence-corrected chi connectivity index (χ3v) is 5.62. The molecule has 3 aromatic heterocycles. The Balaban J connectivity index is 1.70. The second-order valence-corrected chi connectivity index (χ2v) is 8.41. The van der Waals surface area contributed by atoms with Crippen LogP contribution < -0.4 is 9.80 Å². The predicted molar refractivity (Wildman–Crippen MR) is 114 cm³/mol. The van der Waals surface area contributed by atoms with Gasteiger partial charge in [-0.2, -0.15) is 31.9 Å². The molecule has 0 spiro atoms. The SMILES string of the molecule is CN(Cc1cccnc1C(F)(F)P)c1nc(N2CCC(C(F)(F)F)C2)nc2ncccc12. The first kappa shape index (κ1) is 22.5. The first-order chi connectivity index (χ1) is 15.0. The molecule has 1 aliphatic heterocycles. The lowest BCUT2D eigenvalue weighted by atomic mass is 10.1. The molecule has 3 aromatic rings. The van der Waals surface area contributed by atoms with Gasteiger partial charge < -0.3 is 9.80 Å². The summed E-state index contributed by atoms with van der Waals surface area (Å²) in [5.74, 6) is -0.933. The van der Waals surface area contributed by atoms with E-state index in [0.29, 0.717) is 22.4 Å². The zero-order valence-electron chi connectivity index (χ0n) is 17.0. The van der Waals surface area contributed by atoms with Gasteiger partial charge >= 0.3 is 11.8 Å². The van der Waals surface area contributed by atoms with Crippen LogP contribution in [0.3, 0.4) is 0 Å². The highest BCUT2D eigenvalue weighted by molar-refractivity contribution is 7.17. The summed E-state index contributed by atoms with van der Waals surface area (Å²) in [4.78, 5) is 20.0. The number of hydrogen-bond acceptors (Lipinski definition) is 6. The van der Waals surface area contributed by atoms with E-state index in [4.69, 9.17) is 0 Å². The Bertz CT molecular complexity index is 1120. The molecule has 0 amide bonds. The summed E-state index contributed by atoms with van der Waals surface area (Å²) in [5, 5.41) is 0.563. The molecule has 1 saturated heterocycles. The van der Waals surface area contributed by atoms with Crippen LogP contribution in [0.25, 0.3) is 11.0 Å². The minimum Gasteiger partial charge on any atom is -0.355 e. The quantitative estimate of drug-likeness (QED) is 0.408. The van der Waals surface area contributed by atoms with Gasteiger partial charge in [0.2, 0.25) is 5.95 Å². The van der Waals surface area contributed by atoms with Crippen molar-refractivity contribution in [2.24, 2.45) is 5.92 Å². The van der Waals surface area contributed by atoms with Crippen LogP contribution >= 0.6 is 9.24 Å². The number of fused-ring (bicyclic) bond motifs is 1. The molecule has 32 heavy (non-hydrogen) atoms. The highest BCUT2D eigenvalue weighted by atomic mass is 31.0. The van der Waals surface area contributed by atoms with E-state index in [9.17, 15) is 22.0 Å². The van der Waals surface area contributed by atoms with E-state index < -0.39 is 17.8 Å². The lowest BCUT2D eigenvalue weighted by Crippen LogP contribution is -2.29. The van der Waals surface area contributed by atoms with E-state index in [1.165, 1.54) is 26.5 Å². The molecule has 12 heteroatoms. The fourth-order valence-corrected chi connectivity index (χ4v) is 4.03. The summed E-state index contributed by atoms with van der Waals surface area (Å²) in [6.07, 6.45) is -1.51. The van der Waals surface area contributed by atoms with Crippen molar-refractivity contribution in [1.82, 2.24) is 19.9 Å². The Morgan fingerprint density at radius 2 is 1.81 bits per heavy atom. The van der Waals surface area contributed by atoms with Gasteiger partial charge in [0, 0.05) is 39.1 Å². The van der Waals surface area contributed by atoms with Crippen molar-refractivity contribution in [3.8, 4) is 0 Å². The zero-order chi connectivity index (χ0) is 23.1. The van der Waals surface area contributed by atoms with Crippen molar-refractivity contribution in [2.45, 2.75) is 24.8 Å². The number of hydrogen-bond donors (Lipinski definition) is 0. The maximum Gasteiger partial charge on any atom is 0.393 e. The minimum atomic E-state index is -4.29. The van der Waals surface area contributed by atoms with E-state index in [0.717, 1.165) is 0 Å². The Labute approximate surface area is 183 Å².